The Balaban J connectivity index is 1.27. The Kier molecular flexibility index (Phi) is 6.76. The number of thiophene rings is 1. The number of aryl methyl sites for hydroxylation is 2. The molecule has 2 amide bonds. The van der Waals surface area contributed by atoms with Crippen LogP contribution in [-0.4, -0.2) is 65.3 Å². The minimum absolute atomic E-state index is 0.0146. The highest BCUT2D eigenvalue weighted by atomic mass is 32.1. The molecule has 2 aliphatic heterocycles. The molecule has 0 bridgehead atoms. The number of fused-ring (bicyclic) bond motifs is 1. The number of carbonyl (C=O) groups excluding carboxylic acids is 2. The van der Waals surface area contributed by atoms with Gasteiger partial charge in [0.2, 0.25) is 5.91 Å². The third-order valence-corrected chi connectivity index (χ3v) is 8.33. The number of hydrogen-bond donors (Lipinski definition) is 0. The summed E-state index contributed by atoms with van der Waals surface area (Å²) >= 11 is 1.82. The molecule has 0 aliphatic carbocycles. The van der Waals surface area contributed by atoms with Crippen molar-refractivity contribution in [2.24, 2.45) is 0 Å². The summed E-state index contributed by atoms with van der Waals surface area (Å²) in [6.45, 7) is 9.15. The van der Waals surface area contributed by atoms with Gasteiger partial charge in [0.25, 0.3) is 5.91 Å². The summed E-state index contributed by atoms with van der Waals surface area (Å²) in [5.41, 5.74) is 5.67. The summed E-state index contributed by atoms with van der Waals surface area (Å²) in [4.78, 5) is 34.1. The molecular formula is C29H33N3O2S. The zero-order valence-electron chi connectivity index (χ0n) is 20.7. The molecule has 2 aliphatic rings. The molecule has 3 aromatic rings. The number of benzene rings is 2. The summed E-state index contributed by atoms with van der Waals surface area (Å²) in [7, 11) is 0. The van der Waals surface area contributed by atoms with Crippen molar-refractivity contribution >= 4 is 23.2 Å². The summed E-state index contributed by atoms with van der Waals surface area (Å²) < 4.78 is 0. The van der Waals surface area contributed by atoms with Gasteiger partial charge >= 0.3 is 0 Å². The van der Waals surface area contributed by atoms with Gasteiger partial charge in [0.15, 0.2) is 0 Å². The zero-order chi connectivity index (χ0) is 24.5. The molecule has 6 heteroatoms. The fourth-order valence-electron chi connectivity index (χ4n) is 5.30. The van der Waals surface area contributed by atoms with Crippen LogP contribution in [0.25, 0.3) is 0 Å². The van der Waals surface area contributed by atoms with E-state index in [2.05, 4.69) is 47.5 Å². The van der Waals surface area contributed by atoms with Gasteiger partial charge in [0, 0.05) is 42.7 Å². The van der Waals surface area contributed by atoms with E-state index < -0.39 is 0 Å². The topological polar surface area (TPSA) is 43.9 Å². The molecule has 2 aromatic carbocycles. The van der Waals surface area contributed by atoms with Crippen molar-refractivity contribution in [3.63, 3.8) is 0 Å². The van der Waals surface area contributed by atoms with Crippen LogP contribution in [0.15, 0.2) is 60.0 Å². The molecule has 0 spiro atoms. The van der Waals surface area contributed by atoms with E-state index in [-0.39, 0.29) is 23.9 Å². The lowest BCUT2D eigenvalue weighted by Gasteiger charge is -2.42. The number of nitrogens with zero attached hydrogens (tertiary/aromatic N) is 3. The lowest BCUT2D eigenvalue weighted by molar-refractivity contribution is -0.135. The third-order valence-electron chi connectivity index (χ3n) is 7.34. The van der Waals surface area contributed by atoms with Crippen molar-refractivity contribution in [2.45, 2.75) is 39.3 Å². The molecule has 1 fully saturated rings. The molecule has 1 aromatic heterocycles. The van der Waals surface area contributed by atoms with E-state index in [4.69, 9.17) is 0 Å². The molecule has 5 rings (SSSR count). The summed E-state index contributed by atoms with van der Waals surface area (Å²) in [5.74, 6) is 0.195. The second kappa shape index (κ2) is 9.96. The quantitative estimate of drug-likeness (QED) is 0.537. The summed E-state index contributed by atoms with van der Waals surface area (Å²) in [6, 6.07) is 18.7. The van der Waals surface area contributed by atoms with Gasteiger partial charge in [-0.1, -0.05) is 47.5 Å². The van der Waals surface area contributed by atoms with Crippen LogP contribution in [-0.2, 0) is 11.2 Å². The van der Waals surface area contributed by atoms with Crippen LogP contribution in [0.5, 0.6) is 0 Å². The van der Waals surface area contributed by atoms with Crippen LogP contribution in [0.2, 0.25) is 0 Å². The Morgan fingerprint density at radius 1 is 0.914 bits per heavy atom. The molecule has 0 radical (unpaired) electrons. The molecule has 0 saturated carbocycles. The molecule has 5 nitrogen and oxygen atoms in total. The molecular weight excluding hydrogens is 454 g/mol. The fraction of sp³-hybridized carbons (Fsp3) is 0.379. The molecule has 0 N–H and O–H groups in total. The number of amides is 2. The van der Waals surface area contributed by atoms with Gasteiger partial charge in [-0.05, 0) is 61.9 Å². The van der Waals surface area contributed by atoms with Crippen molar-refractivity contribution in [2.75, 3.05) is 32.7 Å². The van der Waals surface area contributed by atoms with Gasteiger partial charge in [-0.15, -0.1) is 11.3 Å². The highest BCUT2D eigenvalue weighted by Gasteiger charge is 2.34. The van der Waals surface area contributed by atoms with Crippen LogP contribution in [0, 0.1) is 13.8 Å². The summed E-state index contributed by atoms with van der Waals surface area (Å²) in [5, 5.41) is 2.17. The van der Waals surface area contributed by atoms with Crippen LogP contribution in [0.4, 0.5) is 0 Å². The van der Waals surface area contributed by atoms with Crippen molar-refractivity contribution in [3.8, 4) is 0 Å². The lowest BCUT2D eigenvalue weighted by Crippen LogP contribution is -2.57. The smallest absolute Gasteiger partial charge is 0.254 e. The predicted octanol–water partition coefficient (Wildman–Crippen LogP) is 4.69. The van der Waals surface area contributed by atoms with Crippen molar-refractivity contribution in [1.29, 1.82) is 0 Å². The van der Waals surface area contributed by atoms with Gasteiger partial charge in [0.1, 0.15) is 0 Å². The lowest BCUT2D eigenvalue weighted by atomic mass is 9.92. The van der Waals surface area contributed by atoms with E-state index in [9.17, 15) is 9.59 Å². The first kappa shape index (κ1) is 23.8. The van der Waals surface area contributed by atoms with E-state index in [1.807, 2.05) is 59.2 Å². The first-order valence-electron chi connectivity index (χ1n) is 12.4. The minimum atomic E-state index is -0.0146. The van der Waals surface area contributed by atoms with E-state index in [1.165, 1.54) is 21.6 Å². The standard InChI is InChI=1S/C29H33N3O2S/c1-20-4-8-23(9-5-20)28-25-13-17-35-26(25)12-14-31(28)19-27(33)30-15-16-32(22(3)18-30)29(34)24-10-6-21(2)7-11-24/h4-11,13,17,22,28H,12,14-16,18-19H2,1-3H3/t22-,28-/m0/s1. The van der Waals surface area contributed by atoms with Gasteiger partial charge in [-0.2, -0.15) is 0 Å². The number of piperazine rings is 1. The van der Waals surface area contributed by atoms with E-state index >= 15 is 0 Å². The highest BCUT2D eigenvalue weighted by Crippen LogP contribution is 2.37. The fourth-order valence-corrected chi connectivity index (χ4v) is 6.20. The minimum Gasteiger partial charge on any atom is -0.338 e. The molecule has 1 saturated heterocycles. The Morgan fingerprint density at radius 3 is 2.29 bits per heavy atom. The van der Waals surface area contributed by atoms with Gasteiger partial charge in [-0.25, -0.2) is 0 Å². The van der Waals surface area contributed by atoms with Crippen molar-refractivity contribution < 1.29 is 9.59 Å². The zero-order valence-corrected chi connectivity index (χ0v) is 21.6. The average molecular weight is 488 g/mol. The summed E-state index contributed by atoms with van der Waals surface area (Å²) in [6.07, 6.45) is 0.984. The van der Waals surface area contributed by atoms with Crippen LogP contribution < -0.4 is 0 Å². The molecule has 0 unspecified atom stereocenters. The first-order chi connectivity index (χ1) is 16.9. The van der Waals surface area contributed by atoms with Crippen molar-refractivity contribution in [1.82, 2.24) is 14.7 Å². The van der Waals surface area contributed by atoms with Crippen molar-refractivity contribution in [3.05, 3.63) is 92.7 Å². The Bertz CT molecular complexity index is 1200. The van der Waals surface area contributed by atoms with Gasteiger partial charge in [0.05, 0.1) is 12.6 Å². The Morgan fingerprint density at radius 2 is 1.60 bits per heavy atom. The molecule has 3 heterocycles. The molecule has 182 valence electrons. The second-order valence-electron chi connectivity index (χ2n) is 9.89. The van der Waals surface area contributed by atoms with E-state index in [1.54, 1.807) is 0 Å². The van der Waals surface area contributed by atoms with E-state index in [0.29, 0.717) is 31.7 Å². The van der Waals surface area contributed by atoms with Crippen LogP contribution >= 0.6 is 11.3 Å². The number of hydrogen-bond acceptors (Lipinski definition) is 4. The number of carbonyl (C=O) groups is 2. The van der Waals surface area contributed by atoms with Gasteiger partial charge < -0.3 is 9.80 Å². The van der Waals surface area contributed by atoms with Gasteiger partial charge in [-0.3, -0.25) is 14.5 Å². The molecule has 35 heavy (non-hydrogen) atoms. The maximum Gasteiger partial charge on any atom is 0.254 e. The highest BCUT2D eigenvalue weighted by molar-refractivity contribution is 7.10. The predicted molar refractivity (Wildman–Crippen MR) is 141 cm³/mol. The largest absolute Gasteiger partial charge is 0.338 e. The van der Waals surface area contributed by atoms with Crippen LogP contribution in [0.1, 0.15) is 50.5 Å². The first-order valence-corrected chi connectivity index (χ1v) is 13.3. The maximum absolute atomic E-state index is 13.5. The Hall–Kier alpha value is -2.96. The molecule has 2 atom stereocenters. The SMILES string of the molecule is Cc1ccc(C(=O)N2CCN(C(=O)CN3CCc4sccc4[C@@H]3c3ccc(C)cc3)C[C@@H]2C)cc1. The average Bonchev–Trinajstić information content (AvgIpc) is 3.33. The normalized spacial score (nSPS) is 20.5. The maximum atomic E-state index is 13.5. The Labute approximate surface area is 212 Å². The van der Waals surface area contributed by atoms with Crippen LogP contribution in [0.3, 0.4) is 0 Å². The monoisotopic (exact) mass is 487 g/mol. The third kappa shape index (κ3) is 4.91. The second-order valence-corrected chi connectivity index (χ2v) is 10.9. The number of rotatable bonds is 4. The van der Waals surface area contributed by atoms with E-state index in [0.717, 1.165) is 18.5 Å².